The number of aromatic nitrogens is 4. The van der Waals surface area contributed by atoms with Gasteiger partial charge in [-0.3, -0.25) is 4.68 Å². The normalized spacial score (nSPS) is 18.4. The first-order valence-corrected chi connectivity index (χ1v) is 7.62. The van der Waals surface area contributed by atoms with Gasteiger partial charge >= 0.3 is 0 Å². The van der Waals surface area contributed by atoms with E-state index in [0.717, 1.165) is 55.8 Å². The highest BCUT2D eigenvalue weighted by Gasteiger charge is 2.18. The van der Waals surface area contributed by atoms with Crippen LogP contribution >= 0.6 is 0 Å². The van der Waals surface area contributed by atoms with Gasteiger partial charge in [0, 0.05) is 31.9 Å². The summed E-state index contributed by atoms with van der Waals surface area (Å²) in [6.07, 6.45) is 1.99. The molecule has 0 aromatic carbocycles. The van der Waals surface area contributed by atoms with E-state index in [0.29, 0.717) is 0 Å². The molecule has 1 saturated heterocycles. The third-order valence-corrected chi connectivity index (χ3v) is 3.54. The van der Waals surface area contributed by atoms with E-state index >= 15 is 0 Å². The van der Waals surface area contributed by atoms with Crippen LogP contribution in [0.1, 0.15) is 23.3 Å². The van der Waals surface area contributed by atoms with Gasteiger partial charge in [0.05, 0.1) is 24.5 Å². The topological polar surface area (TPSA) is 76.9 Å². The summed E-state index contributed by atoms with van der Waals surface area (Å²) < 4.78 is 7.68. The molecule has 0 saturated carbocycles. The minimum Gasteiger partial charge on any atom is -0.369 e. The lowest BCUT2D eigenvalue weighted by Crippen LogP contribution is -2.34. The SMILES string of the molecule is Cc1ccn(CCNc2cc(C3CNCCO3)nc(C)n2)n1. The Morgan fingerprint density at radius 1 is 1.41 bits per heavy atom. The van der Waals surface area contributed by atoms with Gasteiger partial charge < -0.3 is 15.4 Å². The van der Waals surface area contributed by atoms with Crippen molar-refractivity contribution in [3.05, 3.63) is 35.5 Å². The first-order valence-electron chi connectivity index (χ1n) is 7.62. The lowest BCUT2D eigenvalue weighted by atomic mass is 10.2. The van der Waals surface area contributed by atoms with Gasteiger partial charge in [-0.05, 0) is 19.9 Å². The maximum absolute atomic E-state index is 5.76. The minimum absolute atomic E-state index is 0.00441. The molecular formula is C15H22N6O. The Hall–Kier alpha value is -1.99. The summed E-state index contributed by atoms with van der Waals surface area (Å²) >= 11 is 0. The molecule has 0 amide bonds. The number of aryl methyl sites for hydroxylation is 2. The number of hydrogen-bond donors (Lipinski definition) is 2. The summed E-state index contributed by atoms with van der Waals surface area (Å²) in [7, 11) is 0. The summed E-state index contributed by atoms with van der Waals surface area (Å²) in [6.45, 7) is 7.87. The largest absolute Gasteiger partial charge is 0.369 e. The van der Waals surface area contributed by atoms with Gasteiger partial charge in [-0.2, -0.15) is 5.10 Å². The molecule has 3 rings (SSSR count). The Morgan fingerprint density at radius 2 is 2.32 bits per heavy atom. The second-order valence-corrected chi connectivity index (χ2v) is 5.44. The average Bonchev–Trinajstić information content (AvgIpc) is 2.93. The highest BCUT2D eigenvalue weighted by atomic mass is 16.5. The van der Waals surface area contributed by atoms with E-state index in [-0.39, 0.29) is 6.10 Å². The van der Waals surface area contributed by atoms with Crippen LogP contribution in [-0.2, 0) is 11.3 Å². The predicted molar refractivity (Wildman–Crippen MR) is 83.8 cm³/mol. The highest BCUT2D eigenvalue weighted by Crippen LogP contribution is 2.19. The first-order chi connectivity index (χ1) is 10.7. The summed E-state index contributed by atoms with van der Waals surface area (Å²) in [5, 5.41) is 11.0. The van der Waals surface area contributed by atoms with Crippen molar-refractivity contribution in [3.63, 3.8) is 0 Å². The number of nitrogens with one attached hydrogen (secondary N) is 2. The quantitative estimate of drug-likeness (QED) is 0.860. The van der Waals surface area contributed by atoms with Crippen molar-refractivity contribution in [2.24, 2.45) is 0 Å². The fourth-order valence-electron chi connectivity index (χ4n) is 2.49. The lowest BCUT2D eigenvalue weighted by molar-refractivity contribution is 0.0249. The molecule has 2 aromatic heterocycles. The van der Waals surface area contributed by atoms with E-state index in [4.69, 9.17) is 4.74 Å². The van der Waals surface area contributed by atoms with Crippen LogP contribution in [0.5, 0.6) is 0 Å². The second kappa shape index (κ2) is 6.85. The van der Waals surface area contributed by atoms with Crippen molar-refractivity contribution in [1.29, 1.82) is 0 Å². The smallest absolute Gasteiger partial charge is 0.130 e. The molecular weight excluding hydrogens is 280 g/mol. The van der Waals surface area contributed by atoms with Crippen molar-refractivity contribution in [1.82, 2.24) is 25.1 Å². The minimum atomic E-state index is 0.00441. The molecule has 0 spiro atoms. The number of rotatable bonds is 5. The van der Waals surface area contributed by atoms with Gasteiger partial charge in [0.15, 0.2) is 0 Å². The Labute approximate surface area is 130 Å². The van der Waals surface area contributed by atoms with Gasteiger partial charge in [0.2, 0.25) is 0 Å². The molecule has 2 N–H and O–H groups in total. The number of ether oxygens (including phenoxy) is 1. The van der Waals surface area contributed by atoms with Crippen LogP contribution in [0.2, 0.25) is 0 Å². The molecule has 0 bridgehead atoms. The molecule has 1 fully saturated rings. The summed E-state index contributed by atoms with van der Waals surface area (Å²) in [5.41, 5.74) is 1.96. The van der Waals surface area contributed by atoms with Crippen LogP contribution in [0.3, 0.4) is 0 Å². The molecule has 1 unspecified atom stereocenters. The Bertz CT molecular complexity index is 620. The van der Waals surface area contributed by atoms with E-state index in [2.05, 4.69) is 25.7 Å². The molecule has 22 heavy (non-hydrogen) atoms. The molecule has 118 valence electrons. The first kappa shape index (κ1) is 14.9. The fraction of sp³-hybridized carbons (Fsp3) is 0.533. The Morgan fingerprint density at radius 3 is 3.05 bits per heavy atom. The molecule has 0 radical (unpaired) electrons. The zero-order chi connectivity index (χ0) is 15.4. The molecule has 1 atom stereocenters. The van der Waals surface area contributed by atoms with Crippen molar-refractivity contribution < 1.29 is 4.74 Å². The Kier molecular flexibility index (Phi) is 4.65. The van der Waals surface area contributed by atoms with E-state index in [1.54, 1.807) is 0 Å². The molecule has 2 aromatic rings. The van der Waals surface area contributed by atoms with Crippen LogP contribution in [-0.4, -0.2) is 46.0 Å². The standard InChI is InChI=1S/C15H22N6O/c1-11-3-6-21(20-11)7-4-17-15-9-13(18-12(2)19-15)14-10-16-5-8-22-14/h3,6,9,14,16H,4-5,7-8,10H2,1-2H3,(H,17,18,19). The van der Waals surface area contributed by atoms with Crippen LogP contribution in [0.25, 0.3) is 0 Å². The Balaban J connectivity index is 1.61. The van der Waals surface area contributed by atoms with Crippen LogP contribution < -0.4 is 10.6 Å². The maximum Gasteiger partial charge on any atom is 0.130 e. The zero-order valence-corrected chi connectivity index (χ0v) is 13.0. The van der Waals surface area contributed by atoms with Crippen molar-refractivity contribution >= 4 is 5.82 Å². The van der Waals surface area contributed by atoms with Crippen molar-refractivity contribution in [3.8, 4) is 0 Å². The summed E-state index contributed by atoms with van der Waals surface area (Å²) in [4.78, 5) is 8.93. The predicted octanol–water partition coefficient (Wildman–Crippen LogP) is 1.06. The lowest BCUT2D eigenvalue weighted by Gasteiger charge is -2.23. The molecule has 7 heteroatoms. The summed E-state index contributed by atoms with van der Waals surface area (Å²) in [5.74, 6) is 1.59. The number of anilines is 1. The molecule has 1 aliphatic heterocycles. The van der Waals surface area contributed by atoms with Crippen LogP contribution in [0.15, 0.2) is 18.3 Å². The number of hydrogen-bond acceptors (Lipinski definition) is 6. The van der Waals surface area contributed by atoms with Crippen molar-refractivity contribution in [2.45, 2.75) is 26.5 Å². The van der Waals surface area contributed by atoms with Crippen LogP contribution in [0, 0.1) is 13.8 Å². The van der Waals surface area contributed by atoms with E-state index in [1.807, 2.05) is 36.9 Å². The van der Waals surface area contributed by atoms with E-state index in [1.165, 1.54) is 0 Å². The van der Waals surface area contributed by atoms with Gasteiger partial charge in [-0.25, -0.2) is 9.97 Å². The molecule has 1 aliphatic rings. The van der Waals surface area contributed by atoms with Crippen LogP contribution in [0.4, 0.5) is 5.82 Å². The van der Waals surface area contributed by atoms with Gasteiger partial charge in [0.1, 0.15) is 17.7 Å². The van der Waals surface area contributed by atoms with Crippen molar-refractivity contribution in [2.75, 3.05) is 31.6 Å². The average molecular weight is 302 g/mol. The third kappa shape index (κ3) is 3.80. The van der Waals surface area contributed by atoms with Gasteiger partial charge in [-0.1, -0.05) is 0 Å². The number of morpholine rings is 1. The molecule has 7 nitrogen and oxygen atoms in total. The second-order valence-electron chi connectivity index (χ2n) is 5.44. The molecule has 3 heterocycles. The zero-order valence-electron chi connectivity index (χ0n) is 13.0. The molecule has 0 aliphatic carbocycles. The maximum atomic E-state index is 5.76. The van der Waals surface area contributed by atoms with Gasteiger partial charge in [-0.15, -0.1) is 0 Å². The number of nitrogens with zero attached hydrogens (tertiary/aromatic N) is 4. The monoisotopic (exact) mass is 302 g/mol. The highest BCUT2D eigenvalue weighted by molar-refractivity contribution is 5.36. The van der Waals surface area contributed by atoms with E-state index < -0.39 is 0 Å². The van der Waals surface area contributed by atoms with Gasteiger partial charge in [0.25, 0.3) is 0 Å². The van der Waals surface area contributed by atoms with E-state index in [9.17, 15) is 0 Å². The third-order valence-electron chi connectivity index (χ3n) is 3.54. The fourth-order valence-corrected chi connectivity index (χ4v) is 2.49. The summed E-state index contributed by atoms with van der Waals surface area (Å²) in [6, 6.07) is 3.97.